The SMILES string of the molecule is C=CC(C)(C(=C)C)C(C)(C)N. The molecular weight excluding hydrogens is 134 g/mol. The van der Waals surface area contributed by atoms with Gasteiger partial charge in [-0.15, -0.1) is 6.58 Å². The van der Waals surface area contributed by atoms with Crippen molar-refractivity contribution in [3.8, 4) is 0 Å². The van der Waals surface area contributed by atoms with Crippen molar-refractivity contribution in [2.45, 2.75) is 33.2 Å². The van der Waals surface area contributed by atoms with Crippen molar-refractivity contribution in [1.29, 1.82) is 0 Å². The maximum absolute atomic E-state index is 5.99. The molecule has 0 aromatic carbocycles. The summed E-state index contributed by atoms with van der Waals surface area (Å²) < 4.78 is 0. The van der Waals surface area contributed by atoms with E-state index in [9.17, 15) is 0 Å². The number of hydrogen-bond acceptors (Lipinski definition) is 1. The van der Waals surface area contributed by atoms with E-state index in [4.69, 9.17) is 5.73 Å². The van der Waals surface area contributed by atoms with Crippen LogP contribution in [0.4, 0.5) is 0 Å². The van der Waals surface area contributed by atoms with Crippen LogP contribution in [0.5, 0.6) is 0 Å². The molecule has 0 heterocycles. The summed E-state index contributed by atoms with van der Waals surface area (Å²) in [7, 11) is 0. The number of hydrogen-bond donors (Lipinski definition) is 1. The molecule has 0 aliphatic rings. The first kappa shape index (κ1) is 10.4. The van der Waals surface area contributed by atoms with E-state index >= 15 is 0 Å². The summed E-state index contributed by atoms with van der Waals surface area (Å²) >= 11 is 0. The summed E-state index contributed by atoms with van der Waals surface area (Å²) in [4.78, 5) is 0. The molecule has 0 bridgehead atoms. The van der Waals surface area contributed by atoms with Crippen LogP contribution < -0.4 is 5.73 Å². The lowest BCUT2D eigenvalue weighted by Gasteiger charge is -2.39. The lowest BCUT2D eigenvalue weighted by Crippen LogP contribution is -2.48. The van der Waals surface area contributed by atoms with Gasteiger partial charge in [-0.05, 0) is 20.8 Å². The van der Waals surface area contributed by atoms with Gasteiger partial charge in [-0.2, -0.15) is 0 Å². The Morgan fingerprint density at radius 2 is 1.73 bits per heavy atom. The van der Waals surface area contributed by atoms with Crippen LogP contribution in [0.25, 0.3) is 0 Å². The average Bonchev–Trinajstić information content (AvgIpc) is 1.83. The molecular formula is C10H19N. The highest BCUT2D eigenvalue weighted by atomic mass is 14.8. The standard InChI is InChI=1S/C10H19N/c1-7-10(6,8(2)3)9(4,5)11/h7H,1-2,11H2,3-6H3. The van der Waals surface area contributed by atoms with Gasteiger partial charge in [-0.1, -0.05) is 25.2 Å². The Hall–Kier alpha value is -0.560. The molecule has 64 valence electrons. The minimum Gasteiger partial charge on any atom is -0.325 e. The highest BCUT2D eigenvalue weighted by molar-refractivity contribution is 5.21. The lowest BCUT2D eigenvalue weighted by molar-refractivity contribution is 0.295. The van der Waals surface area contributed by atoms with Crippen molar-refractivity contribution in [1.82, 2.24) is 0 Å². The molecule has 0 aromatic heterocycles. The minimum atomic E-state index is -0.291. The van der Waals surface area contributed by atoms with Gasteiger partial charge < -0.3 is 5.73 Å². The Morgan fingerprint density at radius 3 is 1.73 bits per heavy atom. The third kappa shape index (κ3) is 1.72. The third-order valence-corrected chi connectivity index (χ3v) is 2.63. The normalized spacial score (nSPS) is 17.2. The van der Waals surface area contributed by atoms with Crippen molar-refractivity contribution >= 4 is 0 Å². The van der Waals surface area contributed by atoms with Crippen LogP contribution in [0.2, 0.25) is 0 Å². The Kier molecular flexibility index (Phi) is 2.68. The Balaban J connectivity index is 4.91. The Labute approximate surface area is 70.0 Å². The maximum Gasteiger partial charge on any atom is 0.0229 e. The predicted molar refractivity (Wildman–Crippen MR) is 51.4 cm³/mol. The quantitative estimate of drug-likeness (QED) is 0.619. The Morgan fingerprint density at radius 1 is 1.36 bits per heavy atom. The van der Waals surface area contributed by atoms with Gasteiger partial charge in [0.05, 0.1) is 0 Å². The summed E-state index contributed by atoms with van der Waals surface area (Å²) in [6, 6.07) is 0. The fourth-order valence-electron chi connectivity index (χ4n) is 0.987. The first-order chi connectivity index (χ1) is 4.75. The number of nitrogens with two attached hydrogens (primary N) is 1. The van der Waals surface area contributed by atoms with Gasteiger partial charge in [0.1, 0.15) is 0 Å². The Bertz CT molecular complexity index is 174. The van der Waals surface area contributed by atoms with E-state index in [1.54, 1.807) is 0 Å². The molecule has 0 aliphatic carbocycles. The van der Waals surface area contributed by atoms with E-state index in [0.29, 0.717) is 0 Å². The van der Waals surface area contributed by atoms with E-state index in [0.717, 1.165) is 5.57 Å². The fraction of sp³-hybridized carbons (Fsp3) is 0.600. The molecule has 0 radical (unpaired) electrons. The molecule has 0 saturated heterocycles. The van der Waals surface area contributed by atoms with Gasteiger partial charge in [0.15, 0.2) is 0 Å². The summed E-state index contributed by atoms with van der Waals surface area (Å²) in [5, 5.41) is 0. The van der Waals surface area contributed by atoms with Crippen molar-refractivity contribution in [2.24, 2.45) is 11.1 Å². The fourth-order valence-corrected chi connectivity index (χ4v) is 0.987. The van der Waals surface area contributed by atoms with Gasteiger partial charge in [-0.25, -0.2) is 0 Å². The molecule has 0 fully saturated rings. The van der Waals surface area contributed by atoms with Crippen molar-refractivity contribution < 1.29 is 0 Å². The van der Waals surface area contributed by atoms with Crippen LogP contribution in [-0.4, -0.2) is 5.54 Å². The average molecular weight is 153 g/mol. The molecule has 0 saturated carbocycles. The molecule has 1 nitrogen and oxygen atoms in total. The summed E-state index contributed by atoms with van der Waals surface area (Å²) in [5.74, 6) is 0. The lowest BCUT2D eigenvalue weighted by atomic mass is 9.69. The van der Waals surface area contributed by atoms with E-state index in [2.05, 4.69) is 20.1 Å². The van der Waals surface area contributed by atoms with E-state index in [-0.39, 0.29) is 11.0 Å². The van der Waals surface area contributed by atoms with Crippen LogP contribution in [0, 0.1) is 5.41 Å². The van der Waals surface area contributed by atoms with Crippen LogP contribution in [0.15, 0.2) is 24.8 Å². The second-order valence-electron chi connectivity index (χ2n) is 3.91. The van der Waals surface area contributed by atoms with Gasteiger partial charge in [0.25, 0.3) is 0 Å². The van der Waals surface area contributed by atoms with E-state index in [1.165, 1.54) is 0 Å². The van der Waals surface area contributed by atoms with Crippen molar-refractivity contribution in [2.75, 3.05) is 0 Å². The monoisotopic (exact) mass is 153 g/mol. The van der Waals surface area contributed by atoms with Gasteiger partial charge >= 0.3 is 0 Å². The van der Waals surface area contributed by atoms with Crippen LogP contribution in [0.1, 0.15) is 27.7 Å². The zero-order valence-corrected chi connectivity index (χ0v) is 8.07. The summed E-state index contributed by atoms with van der Waals surface area (Å²) in [6.45, 7) is 15.7. The number of rotatable bonds is 3. The topological polar surface area (TPSA) is 26.0 Å². The molecule has 1 heteroatoms. The second-order valence-corrected chi connectivity index (χ2v) is 3.91. The molecule has 0 aromatic rings. The smallest absolute Gasteiger partial charge is 0.0229 e. The second kappa shape index (κ2) is 2.82. The van der Waals surface area contributed by atoms with E-state index in [1.807, 2.05) is 26.8 Å². The largest absolute Gasteiger partial charge is 0.325 e. The summed E-state index contributed by atoms with van der Waals surface area (Å²) in [6.07, 6.45) is 1.87. The van der Waals surface area contributed by atoms with E-state index < -0.39 is 0 Å². The molecule has 1 atom stereocenters. The maximum atomic E-state index is 5.99. The van der Waals surface area contributed by atoms with Gasteiger partial charge in [0, 0.05) is 11.0 Å². The van der Waals surface area contributed by atoms with Gasteiger partial charge in [0.2, 0.25) is 0 Å². The molecule has 0 amide bonds. The first-order valence-corrected chi connectivity index (χ1v) is 3.84. The van der Waals surface area contributed by atoms with Crippen LogP contribution >= 0.6 is 0 Å². The highest BCUT2D eigenvalue weighted by Crippen LogP contribution is 2.36. The molecule has 1 unspecified atom stereocenters. The molecule has 0 spiro atoms. The molecule has 11 heavy (non-hydrogen) atoms. The third-order valence-electron chi connectivity index (χ3n) is 2.63. The zero-order chi connectivity index (χ0) is 9.28. The van der Waals surface area contributed by atoms with Crippen molar-refractivity contribution in [3.05, 3.63) is 24.8 Å². The minimum absolute atomic E-state index is 0.174. The molecule has 0 aliphatic heterocycles. The zero-order valence-electron chi connectivity index (χ0n) is 8.07. The summed E-state index contributed by atoms with van der Waals surface area (Å²) in [5.41, 5.74) is 6.58. The van der Waals surface area contributed by atoms with Crippen LogP contribution in [-0.2, 0) is 0 Å². The highest BCUT2D eigenvalue weighted by Gasteiger charge is 2.35. The van der Waals surface area contributed by atoms with Gasteiger partial charge in [-0.3, -0.25) is 0 Å². The van der Waals surface area contributed by atoms with Crippen LogP contribution in [0.3, 0.4) is 0 Å². The molecule has 0 rings (SSSR count). The predicted octanol–water partition coefficient (Wildman–Crippen LogP) is 2.49. The first-order valence-electron chi connectivity index (χ1n) is 3.84. The van der Waals surface area contributed by atoms with Crippen molar-refractivity contribution in [3.63, 3.8) is 0 Å². The molecule has 2 N–H and O–H groups in total.